The number of aromatic amines is 1. The third kappa shape index (κ3) is 5.39. The van der Waals surface area contributed by atoms with Crippen LogP contribution in [0.4, 0.5) is 0 Å². The summed E-state index contributed by atoms with van der Waals surface area (Å²) in [4.78, 5) is 39.9. The lowest BCUT2D eigenvalue weighted by atomic mass is 10.0. The summed E-state index contributed by atoms with van der Waals surface area (Å²) in [7, 11) is 0. The number of H-pyrrole nitrogens is 1. The molecule has 1 atom stereocenters. The van der Waals surface area contributed by atoms with Crippen molar-refractivity contribution < 1.29 is 28.4 Å². The Morgan fingerprint density at radius 1 is 1.09 bits per heavy atom. The predicted molar refractivity (Wildman–Crippen MR) is 121 cm³/mol. The Balaban J connectivity index is 1.56. The highest BCUT2D eigenvalue weighted by Crippen LogP contribution is 2.21. The van der Waals surface area contributed by atoms with Gasteiger partial charge < -0.3 is 19.0 Å². The summed E-state index contributed by atoms with van der Waals surface area (Å²) in [6.45, 7) is 10.4. The van der Waals surface area contributed by atoms with E-state index in [0.717, 1.165) is 22.6 Å². The molecule has 0 fully saturated rings. The highest BCUT2D eigenvalue weighted by atomic mass is 16.5. The number of aryl methyl sites for hydroxylation is 3. The molecule has 2 aromatic heterocycles. The van der Waals surface area contributed by atoms with Crippen LogP contribution in [0.15, 0.2) is 28.8 Å². The van der Waals surface area contributed by atoms with Gasteiger partial charge in [0.2, 0.25) is 5.78 Å². The Labute approximate surface area is 192 Å². The van der Waals surface area contributed by atoms with Gasteiger partial charge in [-0.3, -0.25) is 14.4 Å². The summed E-state index contributed by atoms with van der Waals surface area (Å²) in [5.74, 6) is 0.351. The fourth-order valence-corrected chi connectivity index (χ4v) is 3.75. The lowest BCUT2D eigenvalue weighted by Crippen LogP contribution is -2.26. The number of hydrogen-bond donors (Lipinski definition) is 1. The van der Waals surface area contributed by atoms with Crippen molar-refractivity contribution in [1.29, 1.82) is 0 Å². The molecular weight excluding hydrogens is 424 g/mol. The molecule has 0 aliphatic rings. The molecule has 0 aliphatic heterocycles. The molecule has 0 spiro atoms. The van der Waals surface area contributed by atoms with E-state index in [1.54, 1.807) is 38.1 Å². The zero-order valence-corrected chi connectivity index (χ0v) is 19.7. The SMILES string of the molecule is CC(=O)c1c(C)[nH]c(C(=O)C(C)OC(=O)Cc2ccc(OCc3c(C)noc3C)cc2)c1C. The van der Waals surface area contributed by atoms with Crippen LogP contribution in [-0.4, -0.2) is 33.8 Å². The zero-order valence-electron chi connectivity index (χ0n) is 19.7. The van der Waals surface area contributed by atoms with Gasteiger partial charge in [0.25, 0.3) is 0 Å². The summed E-state index contributed by atoms with van der Waals surface area (Å²) in [5, 5.41) is 3.90. The molecule has 0 saturated carbocycles. The molecule has 1 aromatic carbocycles. The van der Waals surface area contributed by atoms with Crippen molar-refractivity contribution in [3.63, 3.8) is 0 Å². The number of rotatable bonds is 9. The van der Waals surface area contributed by atoms with Gasteiger partial charge >= 0.3 is 5.97 Å². The zero-order chi connectivity index (χ0) is 24.3. The van der Waals surface area contributed by atoms with E-state index in [9.17, 15) is 14.4 Å². The first-order chi connectivity index (χ1) is 15.6. The third-order valence-electron chi connectivity index (χ3n) is 5.55. The molecule has 8 heteroatoms. The van der Waals surface area contributed by atoms with Gasteiger partial charge in [-0.25, -0.2) is 0 Å². The van der Waals surface area contributed by atoms with E-state index in [0.29, 0.717) is 29.2 Å². The summed E-state index contributed by atoms with van der Waals surface area (Å²) in [6, 6.07) is 7.08. The number of hydrogen-bond acceptors (Lipinski definition) is 7. The van der Waals surface area contributed by atoms with Crippen molar-refractivity contribution in [2.45, 2.75) is 60.7 Å². The number of carbonyl (C=O) groups is 3. The minimum atomic E-state index is -0.980. The number of nitrogens with zero attached hydrogens (tertiary/aromatic N) is 1. The van der Waals surface area contributed by atoms with E-state index in [1.165, 1.54) is 13.8 Å². The summed E-state index contributed by atoms with van der Waals surface area (Å²) >= 11 is 0. The van der Waals surface area contributed by atoms with Gasteiger partial charge in [-0.15, -0.1) is 0 Å². The minimum Gasteiger partial charge on any atom is -0.489 e. The maximum absolute atomic E-state index is 12.8. The van der Waals surface area contributed by atoms with Crippen LogP contribution in [0.2, 0.25) is 0 Å². The first-order valence-corrected chi connectivity index (χ1v) is 10.7. The molecule has 174 valence electrons. The predicted octanol–water partition coefficient (Wildman–Crippen LogP) is 4.38. The summed E-state index contributed by atoms with van der Waals surface area (Å²) in [6.07, 6.45) is -0.963. The fourth-order valence-electron chi connectivity index (χ4n) is 3.75. The minimum absolute atomic E-state index is 0.0171. The van der Waals surface area contributed by atoms with E-state index in [2.05, 4.69) is 10.1 Å². The highest BCUT2D eigenvalue weighted by molar-refractivity contribution is 6.05. The Hall–Kier alpha value is -3.68. The van der Waals surface area contributed by atoms with Crippen LogP contribution >= 0.6 is 0 Å². The van der Waals surface area contributed by atoms with Gasteiger partial charge in [0, 0.05) is 11.3 Å². The molecule has 0 aliphatic carbocycles. The van der Waals surface area contributed by atoms with Crippen molar-refractivity contribution >= 4 is 17.5 Å². The largest absolute Gasteiger partial charge is 0.489 e. The second-order valence-corrected chi connectivity index (χ2v) is 8.09. The van der Waals surface area contributed by atoms with Crippen molar-refractivity contribution in [3.8, 4) is 5.75 Å². The van der Waals surface area contributed by atoms with Gasteiger partial charge in [0.1, 0.15) is 18.1 Å². The molecule has 3 rings (SSSR count). The topological polar surface area (TPSA) is 111 Å². The van der Waals surface area contributed by atoms with Crippen molar-refractivity contribution in [3.05, 3.63) is 69.4 Å². The number of ketones is 2. The quantitative estimate of drug-likeness (QED) is 0.379. The van der Waals surface area contributed by atoms with Gasteiger partial charge in [0.15, 0.2) is 11.9 Å². The van der Waals surface area contributed by atoms with Crippen LogP contribution in [0.25, 0.3) is 0 Å². The van der Waals surface area contributed by atoms with Crippen molar-refractivity contribution in [2.75, 3.05) is 0 Å². The Kier molecular flexibility index (Phi) is 7.16. The molecular formula is C25H28N2O6. The fraction of sp³-hybridized carbons (Fsp3) is 0.360. The Bertz CT molecular complexity index is 1170. The number of carbonyl (C=O) groups excluding carboxylic acids is 3. The highest BCUT2D eigenvalue weighted by Gasteiger charge is 2.26. The first kappa shape index (κ1) is 24.0. The number of nitrogens with one attached hydrogen (secondary N) is 1. The number of aromatic nitrogens is 2. The molecule has 0 amide bonds. The van der Waals surface area contributed by atoms with Crippen molar-refractivity contribution in [1.82, 2.24) is 10.1 Å². The number of benzene rings is 1. The van der Waals surface area contributed by atoms with Crippen LogP contribution in [0.3, 0.4) is 0 Å². The number of ether oxygens (including phenoxy) is 2. The molecule has 0 saturated heterocycles. The van der Waals surface area contributed by atoms with Crippen LogP contribution < -0.4 is 4.74 Å². The van der Waals surface area contributed by atoms with Crippen LogP contribution in [0, 0.1) is 27.7 Å². The lowest BCUT2D eigenvalue weighted by Gasteiger charge is -2.12. The van der Waals surface area contributed by atoms with Gasteiger partial charge in [0.05, 0.1) is 23.4 Å². The maximum atomic E-state index is 12.8. The molecule has 2 heterocycles. The maximum Gasteiger partial charge on any atom is 0.310 e. The molecule has 33 heavy (non-hydrogen) atoms. The standard InChI is InChI=1S/C25H28N2O6/c1-13-23(16(4)28)15(3)26-24(13)25(30)18(6)32-22(29)11-19-7-9-20(10-8-19)31-12-21-14(2)27-33-17(21)5/h7-10,18,26H,11-12H2,1-6H3. The van der Waals surface area contributed by atoms with Crippen LogP contribution in [0.1, 0.15) is 68.5 Å². The van der Waals surface area contributed by atoms with Gasteiger partial charge in [-0.05, 0) is 64.8 Å². The van der Waals surface area contributed by atoms with E-state index in [1.807, 2.05) is 13.8 Å². The molecule has 3 aromatic rings. The van der Waals surface area contributed by atoms with Crippen molar-refractivity contribution in [2.24, 2.45) is 0 Å². The average Bonchev–Trinajstić information content (AvgIpc) is 3.24. The van der Waals surface area contributed by atoms with E-state index < -0.39 is 12.1 Å². The summed E-state index contributed by atoms with van der Waals surface area (Å²) < 4.78 is 16.2. The van der Waals surface area contributed by atoms with E-state index in [-0.39, 0.29) is 23.7 Å². The monoisotopic (exact) mass is 452 g/mol. The molecule has 0 bridgehead atoms. The second-order valence-electron chi connectivity index (χ2n) is 8.09. The third-order valence-corrected chi connectivity index (χ3v) is 5.55. The number of Topliss-reactive ketones (excluding diaryl/α,β-unsaturated/α-hetero) is 2. The summed E-state index contributed by atoms with van der Waals surface area (Å²) in [5.41, 5.74) is 4.40. The normalized spacial score (nSPS) is 11.8. The van der Waals surface area contributed by atoms with Crippen LogP contribution in [-0.2, 0) is 22.6 Å². The second kappa shape index (κ2) is 9.85. The van der Waals surface area contributed by atoms with Crippen LogP contribution in [0.5, 0.6) is 5.75 Å². The molecule has 1 N–H and O–H groups in total. The molecule has 0 radical (unpaired) electrons. The van der Waals surface area contributed by atoms with E-state index >= 15 is 0 Å². The molecule has 8 nitrogen and oxygen atoms in total. The smallest absolute Gasteiger partial charge is 0.310 e. The number of esters is 1. The average molecular weight is 453 g/mol. The van der Waals surface area contributed by atoms with Gasteiger partial charge in [-0.2, -0.15) is 0 Å². The Morgan fingerprint density at radius 2 is 1.76 bits per heavy atom. The Morgan fingerprint density at radius 3 is 2.30 bits per heavy atom. The van der Waals surface area contributed by atoms with E-state index in [4.69, 9.17) is 14.0 Å². The first-order valence-electron chi connectivity index (χ1n) is 10.7. The van der Waals surface area contributed by atoms with Gasteiger partial charge in [-0.1, -0.05) is 17.3 Å². The lowest BCUT2D eigenvalue weighted by molar-refractivity contribution is -0.145. The molecule has 1 unspecified atom stereocenters.